The summed E-state index contributed by atoms with van der Waals surface area (Å²) in [5.41, 5.74) is 3.07. The molecule has 0 amide bonds. The molecule has 0 aliphatic rings. The highest BCUT2D eigenvalue weighted by molar-refractivity contribution is 9.10. The first kappa shape index (κ1) is 10.4. The van der Waals surface area contributed by atoms with Crippen molar-refractivity contribution in [1.82, 2.24) is 4.98 Å². The van der Waals surface area contributed by atoms with Gasteiger partial charge in [0.1, 0.15) is 11.3 Å². The molecule has 1 aromatic heterocycles. The van der Waals surface area contributed by atoms with Crippen LogP contribution in [0.15, 0.2) is 22.7 Å². The maximum Gasteiger partial charge on any atom is 0.145 e. The number of nitrogens with zero attached hydrogens (tertiary/aromatic N) is 1. The first-order valence-corrected chi connectivity index (χ1v) is 5.52. The van der Waals surface area contributed by atoms with Crippen molar-refractivity contribution in [3.8, 4) is 5.75 Å². The maximum atomic E-state index is 5.33. The number of aryl methyl sites for hydroxylation is 2. The predicted octanol–water partition coefficient (Wildman–Crippen LogP) is 3.62. The highest BCUT2D eigenvalue weighted by atomic mass is 79.9. The first-order chi connectivity index (χ1) is 7.11. The number of ether oxygens (including phenoxy) is 1. The molecule has 2 aromatic rings. The fourth-order valence-electron chi connectivity index (χ4n) is 1.67. The van der Waals surface area contributed by atoms with Gasteiger partial charge in [0, 0.05) is 15.6 Å². The Balaban J connectivity index is 2.89. The van der Waals surface area contributed by atoms with Crippen LogP contribution in [-0.2, 0) is 0 Å². The summed E-state index contributed by atoms with van der Waals surface area (Å²) >= 11 is 3.55. The summed E-state index contributed by atoms with van der Waals surface area (Å²) in [4.78, 5) is 4.49. The van der Waals surface area contributed by atoms with Crippen LogP contribution in [-0.4, -0.2) is 12.1 Å². The minimum atomic E-state index is 0.828. The van der Waals surface area contributed by atoms with Crippen LogP contribution in [0.2, 0.25) is 0 Å². The van der Waals surface area contributed by atoms with E-state index in [0.717, 1.165) is 26.8 Å². The van der Waals surface area contributed by atoms with Crippen molar-refractivity contribution in [2.75, 3.05) is 7.11 Å². The van der Waals surface area contributed by atoms with E-state index in [1.807, 2.05) is 26.0 Å². The average Bonchev–Trinajstić information content (AvgIpc) is 2.18. The summed E-state index contributed by atoms with van der Waals surface area (Å²) in [5, 5.41) is 1.09. The van der Waals surface area contributed by atoms with Crippen LogP contribution in [0, 0.1) is 13.8 Å². The van der Waals surface area contributed by atoms with Crippen LogP contribution in [0.4, 0.5) is 0 Å². The molecule has 0 atom stereocenters. The Kier molecular flexibility index (Phi) is 2.65. The van der Waals surface area contributed by atoms with E-state index in [4.69, 9.17) is 4.74 Å². The molecule has 1 aromatic carbocycles. The summed E-state index contributed by atoms with van der Waals surface area (Å²) in [7, 11) is 1.67. The summed E-state index contributed by atoms with van der Waals surface area (Å²) in [6.45, 7) is 4.03. The SMILES string of the molecule is COc1cc(C)cc2c(Br)cc(C)nc12. The number of pyridine rings is 1. The van der Waals surface area contributed by atoms with Gasteiger partial charge >= 0.3 is 0 Å². The van der Waals surface area contributed by atoms with E-state index >= 15 is 0 Å². The molecule has 15 heavy (non-hydrogen) atoms. The molecule has 0 fully saturated rings. The Labute approximate surface area is 97.4 Å². The number of benzene rings is 1. The monoisotopic (exact) mass is 265 g/mol. The zero-order chi connectivity index (χ0) is 11.0. The number of hydrogen-bond acceptors (Lipinski definition) is 2. The smallest absolute Gasteiger partial charge is 0.145 e. The average molecular weight is 266 g/mol. The van der Waals surface area contributed by atoms with Crippen molar-refractivity contribution in [3.05, 3.63) is 33.9 Å². The minimum Gasteiger partial charge on any atom is -0.494 e. The molecule has 0 saturated heterocycles. The van der Waals surface area contributed by atoms with Gasteiger partial charge in [-0.1, -0.05) is 15.9 Å². The molecule has 0 saturated carbocycles. The summed E-state index contributed by atoms with van der Waals surface area (Å²) in [6.07, 6.45) is 0. The quantitative estimate of drug-likeness (QED) is 0.786. The van der Waals surface area contributed by atoms with Crippen molar-refractivity contribution < 1.29 is 4.74 Å². The lowest BCUT2D eigenvalue weighted by Gasteiger charge is -2.08. The van der Waals surface area contributed by atoms with Gasteiger partial charge in [-0.05, 0) is 37.6 Å². The molecule has 78 valence electrons. The van der Waals surface area contributed by atoms with Crippen molar-refractivity contribution in [2.45, 2.75) is 13.8 Å². The number of aromatic nitrogens is 1. The highest BCUT2D eigenvalue weighted by Gasteiger charge is 2.07. The largest absolute Gasteiger partial charge is 0.494 e. The van der Waals surface area contributed by atoms with Gasteiger partial charge in [0.25, 0.3) is 0 Å². The molecule has 0 N–H and O–H groups in total. The fraction of sp³-hybridized carbons (Fsp3) is 0.250. The van der Waals surface area contributed by atoms with Crippen LogP contribution >= 0.6 is 15.9 Å². The van der Waals surface area contributed by atoms with Crippen LogP contribution in [0.5, 0.6) is 5.75 Å². The second-order valence-electron chi connectivity index (χ2n) is 3.61. The van der Waals surface area contributed by atoms with Crippen molar-refractivity contribution in [3.63, 3.8) is 0 Å². The normalized spacial score (nSPS) is 10.7. The van der Waals surface area contributed by atoms with E-state index in [-0.39, 0.29) is 0 Å². The summed E-state index contributed by atoms with van der Waals surface area (Å²) in [5.74, 6) is 0.828. The van der Waals surface area contributed by atoms with Gasteiger partial charge in [-0.15, -0.1) is 0 Å². The second kappa shape index (κ2) is 3.81. The third-order valence-corrected chi connectivity index (χ3v) is 2.98. The third-order valence-electron chi connectivity index (χ3n) is 2.32. The predicted molar refractivity (Wildman–Crippen MR) is 65.5 cm³/mol. The lowest BCUT2D eigenvalue weighted by atomic mass is 10.1. The Hall–Kier alpha value is -1.09. The molecule has 0 aliphatic heterocycles. The van der Waals surface area contributed by atoms with Gasteiger partial charge in [0.2, 0.25) is 0 Å². The van der Waals surface area contributed by atoms with Crippen molar-refractivity contribution in [1.29, 1.82) is 0 Å². The Bertz CT molecular complexity index is 523. The zero-order valence-corrected chi connectivity index (χ0v) is 10.6. The Morgan fingerprint density at radius 3 is 2.60 bits per heavy atom. The number of rotatable bonds is 1. The van der Waals surface area contributed by atoms with Gasteiger partial charge in [-0.2, -0.15) is 0 Å². The molecule has 3 heteroatoms. The van der Waals surface area contributed by atoms with Gasteiger partial charge < -0.3 is 4.74 Å². The molecule has 0 spiro atoms. The lowest BCUT2D eigenvalue weighted by Crippen LogP contribution is -1.91. The van der Waals surface area contributed by atoms with E-state index < -0.39 is 0 Å². The molecule has 2 rings (SSSR count). The number of methoxy groups -OCH3 is 1. The van der Waals surface area contributed by atoms with E-state index in [1.165, 1.54) is 5.56 Å². The lowest BCUT2D eigenvalue weighted by molar-refractivity contribution is 0.418. The number of hydrogen-bond donors (Lipinski definition) is 0. The van der Waals surface area contributed by atoms with Crippen molar-refractivity contribution >= 4 is 26.8 Å². The van der Waals surface area contributed by atoms with Crippen LogP contribution in [0.3, 0.4) is 0 Å². The van der Waals surface area contributed by atoms with E-state index in [9.17, 15) is 0 Å². The van der Waals surface area contributed by atoms with E-state index in [1.54, 1.807) is 7.11 Å². The molecule has 0 unspecified atom stereocenters. The van der Waals surface area contributed by atoms with Gasteiger partial charge in [0.05, 0.1) is 7.11 Å². The number of halogens is 1. The van der Waals surface area contributed by atoms with Crippen molar-refractivity contribution in [2.24, 2.45) is 0 Å². The fourth-order valence-corrected chi connectivity index (χ4v) is 2.30. The van der Waals surface area contributed by atoms with Gasteiger partial charge in [-0.25, -0.2) is 4.98 Å². The Morgan fingerprint density at radius 1 is 1.20 bits per heavy atom. The van der Waals surface area contributed by atoms with Crippen LogP contribution in [0.1, 0.15) is 11.3 Å². The first-order valence-electron chi connectivity index (χ1n) is 4.73. The summed E-state index contributed by atoms with van der Waals surface area (Å²) in [6, 6.07) is 6.12. The minimum absolute atomic E-state index is 0.828. The standard InChI is InChI=1S/C12H12BrNO/c1-7-4-9-10(13)6-8(2)14-12(9)11(5-7)15-3/h4-6H,1-3H3. The van der Waals surface area contributed by atoms with E-state index in [2.05, 4.69) is 27.0 Å². The summed E-state index contributed by atoms with van der Waals surface area (Å²) < 4.78 is 6.40. The topological polar surface area (TPSA) is 22.1 Å². The molecule has 1 heterocycles. The molecule has 2 nitrogen and oxygen atoms in total. The zero-order valence-electron chi connectivity index (χ0n) is 8.97. The molecular weight excluding hydrogens is 254 g/mol. The third kappa shape index (κ3) is 1.84. The molecule has 0 aliphatic carbocycles. The molecular formula is C12H12BrNO. The Morgan fingerprint density at radius 2 is 1.93 bits per heavy atom. The van der Waals surface area contributed by atoms with Gasteiger partial charge in [-0.3, -0.25) is 0 Å². The van der Waals surface area contributed by atoms with Crippen LogP contribution in [0.25, 0.3) is 10.9 Å². The van der Waals surface area contributed by atoms with Crippen LogP contribution < -0.4 is 4.74 Å². The number of fused-ring (bicyclic) bond motifs is 1. The molecule has 0 bridgehead atoms. The highest BCUT2D eigenvalue weighted by Crippen LogP contribution is 2.31. The van der Waals surface area contributed by atoms with E-state index in [0.29, 0.717) is 0 Å². The maximum absolute atomic E-state index is 5.33. The second-order valence-corrected chi connectivity index (χ2v) is 4.46. The molecule has 0 radical (unpaired) electrons. The van der Waals surface area contributed by atoms with Gasteiger partial charge in [0.15, 0.2) is 0 Å².